The van der Waals surface area contributed by atoms with Crippen molar-refractivity contribution in [2.45, 2.75) is 6.42 Å². The lowest BCUT2D eigenvalue weighted by Crippen LogP contribution is -2.02. The summed E-state index contributed by atoms with van der Waals surface area (Å²) in [5.74, 6) is -0.902. The van der Waals surface area contributed by atoms with Crippen LogP contribution in [0.2, 0.25) is 0 Å². The molecule has 5 heteroatoms. The summed E-state index contributed by atoms with van der Waals surface area (Å²) in [7, 11) is 0. The Balaban J connectivity index is 2.46. The molecule has 2 rings (SSSR count). The molecule has 0 amide bonds. The normalized spacial score (nSPS) is 10.3. The van der Waals surface area contributed by atoms with Gasteiger partial charge in [0.25, 0.3) is 0 Å². The fourth-order valence-electron chi connectivity index (χ4n) is 1.15. The number of carboxylic acid groups (broad SMARTS) is 1. The summed E-state index contributed by atoms with van der Waals surface area (Å²) in [5, 5.41) is 8.56. The van der Waals surface area contributed by atoms with Crippen molar-refractivity contribution >= 4 is 17.1 Å². The molecule has 0 unspecified atom stereocenters. The predicted molar refractivity (Wildman–Crippen MR) is 48.7 cm³/mol. The molecule has 0 aliphatic heterocycles. The highest BCUT2D eigenvalue weighted by atomic mass is 16.4. The number of hydrogen-bond acceptors (Lipinski definition) is 4. The van der Waals surface area contributed by atoms with Crippen LogP contribution >= 0.6 is 0 Å². The van der Waals surface area contributed by atoms with Gasteiger partial charge in [0.2, 0.25) is 0 Å². The van der Waals surface area contributed by atoms with Crippen LogP contribution in [0.5, 0.6) is 0 Å². The number of carboxylic acids is 1. The Hall–Kier alpha value is -2.04. The number of aromatic nitrogens is 3. The number of hydrogen-bond donors (Lipinski definition) is 1. The van der Waals surface area contributed by atoms with Crippen molar-refractivity contribution in [2.75, 3.05) is 0 Å². The number of carbonyl (C=O) groups is 1. The average Bonchev–Trinajstić information content (AvgIpc) is 2.17. The maximum atomic E-state index is 10.4. The molecule has 2 aromatic rings. The third kappa shape index (κ3) is 1.66. The van der Waals surface area contributed by atoms with Crippen LogP contribution in [0.3, 0.4) is 0 Å². The zero-order valence-corrected chi connectivity index (χ0v) is 7.21. The summed E-state index contributed by atoms with van der Waals surface area (Å²) >= 11 is 0. The average molecular weight is 189 g/mol. The summed E-state index contributed by atoms with van der Waals surface area (Å²) in [4.78, 5) is 22.5. The Morgan fingerprint density at radius 3 is 2.86 bits per heavy atom. The second-order valence-electron chi connectivity index (χ2n) is 2.77. The molecule has 1 N–H and O–H groups in total. The van der Waals surface area contributed by atoms with E-state index in [1.165, 1.54) is 6.20 Å². The minimum Gasteiger partial charge on any atom is -0.481 e. The maximum absolute atomic E-state index is 10.4. The molecule has 14 heavy (non-hydrogen) atoms. The van der Waals surface area contributed by atoms with Crippen LogP contribution in [-0.2, 0) is 11.2 Å². The molecule has 0 saturated heterocycles. The molecule has 5 nitrogen and oxygen atoms in total. The lowest BCUT2D eigenvalue weighted by molar-refractivity contribution is -0.136. The van der Waals surface area contributed by atoms with E-state index >= 15 is 0 Å². The van der Waals surface area contributed by atoms with Crippen LogP contribution in [0.4, 0.5) is 0 Å². The monoisotopic (exact) mass is 189 g/mol. The molecule has 0 aliphatic rings. The Bertz CT molecular complexity index is 484. The van der Waals surface area contributed by atoms with E-state index in [0.29, 0.717) is 16.9 Å². The van der Waals surface area contributed by atoms with E-state index in [4.69, 9.17) is 5.11 Å². The first-order valence-electron chi connectivity index (χ1n) is 4.04. The number of pyridine rings is 1. The zero-order valence-electron chi connectivity index (χ0n) is 7.21. The third-order valence-corrected chi connectivity index (χ3v) is 1.72. The van der Waals surface area contributed by atoms with E-state index in [1.807, 2.05) is 0 Å². The van der Waals surface area contributed by atoms with Gasteiger partial charge in [0.05, 0.1) is 12.1 Å². The highest BCUT2D eigenvalue weighted by Crippen LogP contribution is 2.06. The second kappa shape index (κ2) is 3.37. The van der Waals surface area contributed by atoms with Crippen molar-refractivity contribution < 1.29 is 9.90 Å². The minimum atomic E-state index is -0.902. The van der Waals surface area contributed by atoms with Crippen LogP contribution in [0.1, 0.15) is 5.69 Å². The number of rotatable bonds is 2. The van der Waals surface area contributed by atoms with E-state index in [2.05, 4.69) is 15.0 Å². The van der Waals surface area contributed by atoms with Crippen molar-refractivity contribution in [1.29, 1.82) is 0 Å². The third-order valence-electron chi connectivity index (χ3n) is 1.72. The molecular formula is C9H7N3O2. The van der Waals surface area contributed by atoms with Gasteiger partial charge in [-0.1, -0.05) is 0 Å². The van der Waals surface area contributed by atoms with Crippen molar-refractivity contribution in [3.05, 3.63) is 30.2 Å². The van der Waals surface area contributed by atoms with Gasteiger partial charge in [-0.2, -0.15) is 0 Å². The van der Waals surface area contributed by atoms with Gasteiger partial charge >= 0.3 is 5.97 Å². The van der Waals surface area contributed by atoms with Gasteiger partial charge in [-0.25, -0.2) is 9.97 Å². The smallest absolute Gasteiger partial charge is 0.309 e. The van der Waals surface area contributed by atoms with Crippen LogP contribution in [0.15, 0.2) is 24.5 Å². The van der Waals surface area contributed by atoms with E-state index in [0.717, 1.165) is 0 Å². The molecule has 0 bridgehead atoms. The van der Waals surface area contributed by atoms with E-state index < -0.39 is 5.97 Å². The lowest BCUT2D eigenvalue weighted by Gasteiger charge is -1.97. The molecular weight excluding hydrogens is 182 g/mol. The van der Waals surface area contributed by atoms with E-state index in [1.54, 1.807) is 18.3 Å². The Kier molecular flexibility index (Phi) is 2.06. The molecule has 0 spiro atoms. The fraction of sp³-hybridized carbons (Fsp3) is 0.111. The first-order chi connectivity index (χ1) is 6.75. The lowest BCUT2D eigenvalue weighted by atomic mass is 10.2. The predicted octanol–water partition coefficient (Wildman–Crippen LogP) is 0.652. The highest BCUT2D eigenvalue weighted by Gasteiger charge is 2.03. The molecule has 2 heterocycles. The summed E-state index contributed by atoms with van der Waals surface area (Å²) in [5.41, 5.74) is 1.64. The molecule has 0 aromatic carbocycles. The number of fused-ring (bicyclic) bond motifs is 1. The summed E-state index contributed by atoms with van der Waals surface area (Å²) in [6.45, 7) is 0. The topological polar surface area (TPSA) is 76.0 Å². The van der Waals surface area contributed by atoms with Crippen molar-refractivity contribution in [3.63, 3.8) is 0 Å². The number of nitrogens with zero attached hydrogens (tertiary/aromatic N) is 3. The standard InChI is InChI=1S/C9H7N3O2/c13-8(14)5-6-1-2-7-9(12-6)11-4-3-10-7/h1-4H,5H2,(H,13,14). The van der Waals surface area contributed by atoms with Gasteiger partial charge in [0.15, 0.2) is 5.65 Å². The Labute approximate surface area is 79.5 Å². The van der Waals surface area contributed by atoms with Crippen LogP contribution in [-0.4, -0.2) is 26.0 Å². The first kappa shape index (κ1) is 8.55. The van der Waals surface area contributed by atoms with Crippen molar-refractivity contribution in [3.8, 4) is 0 Å². The van der Waals surface area contributed by atoms with Gasteiger partial charge in [-0.3, -0.25) is 9.78 Å². The Morgan fingerprint density at radius 2 is 2.07 bits per heavy atom. The van der Waals surface area contributed by atoms with Gasteiger partial charge in [-0.05, 0) is 12.1 Å². The largest absolute Gasteiger partial charge is 0.481 e. The summed E-state index contributed by atoms with van der Waals surface area (Å²) < 4.78 is 0. The fourth-order valence-corrected chi connectivity index (χ4v) is 1.15. The molecule has 0 saturated carbocycles. The summed E-state index contributed by atoms with van der Waals surface area (Å²) in [6.07, 6.45) is 3.01. The van der Waals surface area contributed by atoms with Crippen LogP contribution in [0.25, 0.3) is 11.2 Å². The van der Waals surface area contributed by atoms with Gasteiger partial charge in [0, 0.05) is 12.4 Å². The maximum Gasteiger partial charge on any atom is 0.309 e. The number of aliphatic carboxylic acids is 1. The molecule has 70 valence electrons. The minimum absolute atomic E-state index is 0.0908. The van der Waals surface area contributed by atoms with Gasteiger partial charge < -0.3 is 5.11 Å². The van der Waals surface area contributed by atoms with Crippen molar-refractivity contribution in [1.82, 2.24) is 15.0 Å². The molecule has 0 aliphatic carbocycles. The Morgan fingerprint density at radius 1 is 1.29 bits per heavy atom. The first-order valence-corrected chi connectivity index (χ1v) is 4.04. The SMILES string of the molecule is O=C(O)Cc1ccc2nccnc2n1. The van der Waals surface area contributed by atoms with Crippen LogP contribution in [0, 0.1) is 0 Å². The summed E-state index contributed by atoms with van der Waals surface area (Å²) in [6, 6.07) is 3.36. The quantitative estimate of drug-likeness (QED) is 0.750. The van der Waals surface area contributed by atoms with E-state index in [9.17, 15) is 4.79 Å². The van der Waals surface area contributed by atoms with Gasteiger partial charge in [0.1, 0.15) is 5.52 Å². The van der Waals surface area contributed by atoms with Crippen molar-refractivity contribution in [2.24, 2.45) is 0 Å². The van der Waals surface area contributed by atoms with Gasteiger partial charge in [-0.15, -0.1) is 0 Å². The zero-order chi connectivity index (χ0) is 9.97. The molecule has 0 radical (unpaired) electrons. The molecule has 0 atom stereocenters. The van der Waals surface area contributed by atoms with Crippen LogP contribution < -0.4 is 0 Å². The van der Waals surface area contributed by atoms with E-state index in [-0.39, 0.29) is 6.42 Å². The highest BCUT2D eigenvalue weighted by molar-refractivity contribution is 5.73. The second-order valence-corrected chi connectivity index (χ2v) is 2.77. The molecule has 0 fully saturated rings. The molecule has 2 aromatic heterocycles.